The normalized spacial score (nSPS) is 10.9. The Morgan fingerprint density at radius 3 is 2.44 bits per heavy atom. The van der Waals surface area contributed by atoms with Crippen molar-refractivity contribution in [2.45, 2.75) is 13.5 Å². The van der Waals surface area contributed by atoms with Crippen molar-refractivity contribution in [3.05, 3.63) is 88.2 Å². The predicted molar refractivity (Wildman–Crippen MR) is 129 cm³/mol. The molecule has 0 bridgehead atoms. The van der Waals surface area contributed by atoms with E-state index in [0.717, 1.165) is 5.56 Å². The standard InChI is InChI=1S/C26H22ClFN2O4/c1-3-33-22-10-8-21(9-11-22)30-26(31)19(15-29)12-18-13-23(27)25(24(14-18)32-2)34-16-17-4-6-20(28)7-5-17/h4-14H,3,16H2,1-2H3,(H,30,31)/b19-12-. The SMILES string of the molecule is CCOc1ccc(NC(=O)/C(C#N)=C\c2cc(Cl)c(OCc3ccc(F)cc3)c(OC)c2)cc1. The van der Waals surface area contributed by atoms with E-state index in [9.17, 15) is 14.4 Å². The van der Waals surface area contributed by atoms with Gasteiger partial charge in [0, 0.05) is 5.69 Å². The van der Waals surface area contributed by atoms with Crippen LogP contribution in [0.3, 0.4) is 0 Å². The van der Waals surface area contributed by atoms with E-state index in [1.54, 1.807) is 48.5 Å². The Labute approximate surface area is 202 Å². The molecular formula is C26H22ClFN2O4. The molecule has 0 aliphatic rings. The first kappa shape index (κ1) is 24.6. The molecule has 0 heterocycles. The lowest BCUT2D eigenvalue weighted by molar-refractivity contribution is -0.112. The zero-order valence-corrected chi connectivity index (χ0v) is 19.4. The lowest BCUT2D eigenvalue weighted by atomic mass is 10.1. The van der Waals surface area contributed by atoms with Crippen molar-refractivity contribution in [2.75, 3.05) is 19.0 Å². The van der Waals surface area contributed by atoms with Gasteiger partial charge in [0.25, 0.3) is 5.91 Å². The molecule has 174 valence electrons. The summed E-state index contributed by atoms with van der Waals surface area (Å²) in [6, 6.07) is 17.8. The molecule has 34 heavy (non-hydrogen) atoms. The molecule has 6 nitrogen and oxygen atoms in total. The van der Waals surface area contributed by atoms with E-state index < -0.39 is 5.91 Å². The molecule has 0 unspecified atom stereocenters. The van der Waals surface area contributed by atoms with Crippen molar-refractivity contribution in [1.82, 2.24) is 0 Å². The first-order valence-electron chi connectivity index (χ1n) is 10.3. The Hall–Kier alpha value is -4.02. The fourth-order valence-electron chi connectivity index (χ4n) is 3.01. The minimum Gasteiger partial charge on any atom is -0.494 e. The van der Waals surface area contributed by atoms with Crippen molar-refractivity contribution >= 4 is 29.3 Å². The molecule has 3 aromatic carbocycles. The smallest absolute Gasteiger partial charge is 0.266 e. The molecule has 0 spiro atoms. The van der Waals surface area contributed by atoms with Crippen LogP contribution in [0.4, 0.5) is 10.1 Å². The van der Waals surface area contributed by atoms with E-state index in [2.05, 4.69) is 5.32 Å². The van der Waals surface area contributed by atoms with Gasteiger partial charge in [0.05, 0.1) is 18.7 Å². The summed E-state index contributed by atoms with van der Waals surface area (Å²) in [5, 5.41) is 12.4. The van der Waals surface area contributed by atoms with E-state index in [1.807, 2.05) is 13.0 Å². The minimum absolute atomic E-state index is 0.119. The van der Waals surface area contributed by atoms with Crippen molar-refractivity contribution in [1.29, 1.82) is 5.26 Å². The Morgan fingerprint density at radius 2 is 1.82 bits per heavy atom. The number of carbonyl (C=O) groups excluding carboxylic acids is 1. The van der Waals surface area contributed by atoms with Gasteiger partial charge < -0.3 is 19.5 Å². The molecule has 0 radical (unpaired) electrons. The molecule has 0 saturated heterocycles. The molecule has 3 aromatic rings. The Bertz CT molecular complexity index is 1220. The topological polar surface area (TPSA) is 80.6 Å². The van der Waals surface area contributed by atoms with Crippen LogP contribution in [0.1, 0.15) is 18.1 Å². The highest BCUT2D eigenvalue weighted by molar-refractivity contribution is 6.32. The van der Waals surface area contributed by atoms with E-state index in [0.29, 0.717) is 35.1 Å². The molecule has 0 fully saturated rings. The number of carbonyl (C=O) groups is 1. The molecule has 0 aromatic heterocycles. The van der Waals surface area contributed by atoms with Crippen LogP contribution in [0.5, 0.6) is 17.2 Å². The second-order valence-corrected chi connectivity index (χ2v) is 7.44. The molecule has 0 aliphatic heterocycles. The maximum Gasteiger partial charge on any atom is 0.266 e. The quantitative estimate of drug-likeness (QED) is 0.299. The summed E-state index contributed by atoms with van der Waals surface area (Å²) in [5.41, 5.74) is 1.64. The Morgan fingerprint density at radius 1 is 1.12 bits per heavy atom. The molecule has 0 saturated carbocycles. The first-order chi connectivity index (χ1) is 16.4. The second kappa shape index (κ2) is 11.7. The second-order valence-electron chi connectivity index (χ2n) is 7.03. The fourth-order valence-corrected chi connectivity index (χ4v) is 3.29. The number of nitrogens with zero attached hydrogens (tertiary/aromatic N) is 1. The summed E-state index contributed by atoms with van der Waals surface area (Å²) >= 11 is 6.39. The number of nitriles is 1. The van der Waals surface area contributed by atoms with Crippen molar-refractivity contribution in [3.8, 4) is 23.3 Å². The largest absolute Gasteiger partial charge is 0.494 e. The van der Waals surface area contributed by atoms with Crippen molar-refractivity contribution in [3.63, 3.8) is 0 Å². The number of nitrogens with one attached hydrogen (secondary N) is 1. The van der Waals surface area contributed by atoms with Crippen molar-refractivity contribution < 1.29 is 23.4 Å². The number of benzene rings is 3. The van der Waals surface area contributed by atoms with Gasteiger partial charge in [-0.05, 0) is 72.7 Å². The zero-order valence-electron chi connectivity index (χ0n) is 18.6. The Balaban J connectivity index is 1.77. The highest BCUT2D eigenvalue weighted by Gasteiger charge is 2.15. The van der Waals surface area contributed by atoms with Gasteiger partial charge in [-0.15, -0.1) is 0 Å². The van der Waals surface area contributed by atoms with Gasteiger partial charge in [0.15, 0.2) is 11.5 Å². The highest BCUT2D eigenvalue weighted by atomic mass is 35.5. The molecule has 0 aliphatic carbocycles. The number of amides is 1. The summed E-state index contributed by atoms with van der Waals surface area (Å²) in [6.07, 6.45) is 1.40. The van der Waals surface area contributed by atoms with Gasteiger partial charge in [0.1, 0.15) is 29.8 Å². The van der Waals surface area contributed by atoms with E-state index in [4.69, 9.17) is 25.8 Å². The molecule has 1 N–H and O–H groups in total. The van der Waals surface area contributed by atoms with Gasteiger partial charge in [-0.2, -0.15) is 5.26 Å². The third-order valence-corrected chi connectivity index (χ3v) is 4.93. The monoisotopic (exact) mass is 480 g/mol. The third-order valence-electron chi connectivity index (χ3n) is 4.65. The molecule has 1 amide bonds. The van der Waals surface area contributed by atoms with E-state index in [1.165, 1.54) is 25.3 Å². The summed E-state index contributed by atoms with van der Waals surface area (Å²) in [5.74, 6) is 0.391. The van der Waals surface area contributed by atoms with Crippen LogP contribution in [-0.2, 0) is 11.4 Å². The van der Waals surface area contributed by atoms with Gasteiger partial charge in [-0.25, -0.2) is 4.39 Å². The number of rotatable bonds is 9. The van der Waals surface area contributed by atoms with Gasteiger partial charge in [-0.1, -0.05) is 23.7 Å². The van der Waals surface area contributed by atoms with Gasteiger partial charge in [-0.3, -0.25) is 4.79 Å². The van der Waals surface area contributed by atoms with Crippen LogP contribution in [-0.4, -0.2) is 19.6 Å². The highest BCUT2D eigenvalue weighted by Crippen LogP contribution is 2.37. The maximum atomic E-state index is 13.1. The van der Waals surface area contributed by atoms with Gasteiger partial charge >= 0.3 is 0 Å². The zero-order chi connectivity index (χ0) is 24.5. The van der Waals surface area contributed by atoms with Crippen LogP contribution >= 0.6 is 11.6 Å². The molecular weight excluding hydrogens is 459 g/mol. The third kappa shape index (κ3) is 6.50. The number of halogens is 2. The Kier molecular flexibility index (Phi) is 8.49. The average Bonchev–Trinajstić information content (AvgIpc) is 2.84. The summed E-state index contributed by atoms with van der Waals surface area (Å²) in [4.78, 5) is 12.6. The average molecular weight is 481 g/mol. The number of hydrogen-bond donors (Lipinski definition) is 1. The molecule has 8 heteroatoms. The lowest BCUT2D eigenvalue weighted by Crippen LogP contribution is -2.13. The lowest BCUT2D eigenvalue weighted by Gasteiger charge is -2.14. The predicted octanol–water partition coefficient (Wildman–Crippen LogP) is 6.01. The molecule has 0 atom stereocenters. The van der Waals surface area contributed by atoms with E-state index >= 15 is 0 Å². The van der Waals surface area contributed by atoms with Crippen LogP contribution in [0.15, 0.2) is 66.2 Å². The van der Waals surface area contributed by atoms with Crippen LogP contribution < -0.4 is 19.5 Å². The summed E-state index contributed by atoms with van der Waals surface area (Å²) in [6.45, 7) is 2.57. The number of ether oxygens (including phenoxy) is 3. The fraction of sp³-hybridized carbons (Fsp3) is 0.154. The number of methoxy groups -OCH3 is 1. The number of hydrogen-bond acceptors (Lipinski definition) is 5. The van der Waals surface area contributed by atoms with Crippen LogP contribution in [0.25, 0.3) is 6.08 Å². The van der Waals surface area contributed by atoms with Crippen LogP contribution in [0.2, 0.25) is 5.02 Å². The van der Waals surface area contributed by atoms with Gasteiger partial charge in [0.2, 0.25) is 0 Å². The summed E-state index contributed by atoms with van der Waals surface area (Å²) < 4.78 is 29.6. The first-order valence-corrected chi connectivity index (χ1v) is 10.7. The maximum absolute atomic E-state index is 13.1. The minimum atomic E-state index is -0.571. The molecule has 3 rings (SSSR count). The van der Waals surface area contributed by atoms with E-state index in [-0.39, 0.29) is 23.0 Å². The summed E-state index contributed by atoms with van der Waals surface area (Å²) in [7, 11) is 1.45. The van der Waals surface area contributed by atoms with Crippen molar-refractivity contribution in [2.24, 2.45) is 0 Å². The number of anilines is 1. The van der Waals surface area contributed by atoms with Crippen LogP contribution in [0, 0.1) is 17.1 Å².